The number of carbonyl (C=O) groups excluding carboxylic acids is 2. The van der Waals surface area contributed by atoms with Gasteiger partial charge in [-0.2, -0.15) is 0 Å². The van der Waals surface area contributed by atoms with Gasteiger partial charge in [-0.15, -0.1) is 0 Å². The van der Waals surface area contributed by atoms with Crippen molar-refractivity contribution in [2.75, 3.05) is 11.9 Å². The van der Waals surface area contributed by atoms with Crippen molar-refractivity contribution >= 4 is 63.6 Å². The molecule has 27 heavy (non-hydrogen) atoms. The van der Waals surface area contributed by atoms with Crippen LogP contribution in [0.5, 0.6) is 0 Å². The number of pyridine rings is 1. The Morgan fingerprint density at radius 1 is 1.30 bits per heavy atom. The molecule has 0 atom stereocenters. The Morgan fingerprint density at radius 3 is 2.70 bits per heavy atom. The number of hydrogen-bond acceptors (Lipinski definition) is 5. The summed E-state index contributed by atoms with van der Waals surface area (Å²) in [5.41, 5.74) is 1.88. The highest BCUT2D eigenvalue weighted by Crippen LogP contribution is 2.32. The Balaban J connectivity index is 1.59. The summed E-state index contributed by atoms with van der Waals surface area (Å²) in [6.45, 7) is 2.14. The lowest BCUT2D eigenvalue weighted by Crippen LogP contribution is -2.31. The minimum Gasteiger partial charge on any atom is -0.311 e. The van der Waals surface area contributed by atoms with Crippen LogP contribution in [0, 0.1) is 6.92 Å². The number of thiocarbonyl (C=S) groups is 1. The van der Waals surface area contributed by atoms with E-state index in [9.17, 15) is 9.59 Å². The van der Waals surface area contributed by atoms with Crippen LogP contribution in [0.1, 0.15) is 17.5 Å². The van der Waals surface area contributed by atoms with E-state index in [0.717, 1.165) is 11.1 Å². The molecule has 1 aliphatic heterocycles. The highest BCUT2D eigenvalue weighted by molar-refractivity contribution is 8.26. The second kappa shape index (κ2) is 8.65. The zero-order valence-corrected chi connectivity index (χ0v) is 16.8. The lowest BCUT2D eigenvalue weighted by Gasteiger charge is -2.14. The fourth-order valence-corrected chi connectivity index (χ4v) is 3.80. The number of nitrogens with zero attached hydrogens (tertiary/aromatic N) is 2. The zero-order valence-electron chi connectivity index (χ0n) is 14.4. The van der Waals surface area contributed by atoms with Gasteiger partial charge in [0.05, 0.1) is 4.91 Å². The van der Waals surface area contributed by atoms with Gasteiger partial charge in [-0.05, 0) is 42.3 Å². The highest BCUT2D eigenvalue weighted by atomic mass is 35.5. The molecule has 2 aromatic rings. The Labute approximate surface area is 171 Å². The first-order chi connectivity index (χ1) is 12.9. The number of benzene rings is 1. The lowest BCUT2D eigenvalue weighted by molar-refractivity contribution is -0.122. The van der Waals surface area contributed by atoms with E-state index in [1.165, 1.54) is 16.7 Å². The first kappa shape index (κ1) is 19.5. The molecule has 1 N–H and O–H groups in total. The van der Waals surface area contributed by atoms with E-state index in [0.29, 0.717) is 20.1 Å². The fourth-order valence-electron chi connectivity index (χ4n) is 2.36. The van der Waals surface area contributed by atoms with Gasteiger partial charge in [-0.25, -0.2) is 4.98 Å². The SMILES string of the molecule is Cc1ccc(NC(=O)CCN2C(=O)C(=Cc3ccc(Cl)cc3)SC2=S)nc1. The summed E-state index contributed by atoms with van der Waals surface area (Å²) in [5.74, 6) is 0.0712. The van der Waals surface area contributed by atoms with Crippen LogP contribution >= 0.6 is 35.6 Å². The molecule has 0 radical (unpaired) electrons. The van der Waals surface area contributed by atoms with Crippen molar-refractivity contribution in [3.8, 4) is 0 Å². The van der Waals surface area contributed by atoms with Crippen molar-refractivity contribution in [3.05, 3.63) is 63.6 Å². The third-order valence-electron chi connectivity index (χ3n) is 3.78. The van der Waals surface area contributed by atoms with Crippen molar-refractivity contribution in [2.24, 2.45) is 0 Å². The Bertz CT molecular complexity index is 912. The summed E-state index contributed by atoms with van der Waals surface area (Å²) in [7, 11) is 0. The molecule has 2 amide bonds. The summed E-state index contributed by atoms with van der Waals surface area (Å²) >= 11 is 12.4. The van der Waals surface area contributed by atoms with Crippen molar-refractivity contribution in [3.63, 3.8) is 0 Å². The number of anilines is 1. The van der Waals surface area contributed by atoms with Gasteiger partial charge in [0.25, 0.3) is 5.91 Å². The van der Waals surface area contributed by atoms with Crippen LogP contribution in [0.4, 0.5) is 5.82 Å². The topological polar surface area (TPSA) is 62.3 Å². The molecule has 1 saturated heterocycles. The van der Waals surface area contributed by atoms with Crippen LogP contribution in [0.3, 0.4) is 0 Å². The summed E-state index contributed by atoms with van der Waals surface area (Å²) in [6.07, 6.45) is 3.58. The van der Waals surface area contributed by atoms with E-state index in [1.54, 1.807) is 30.5 Å². The average Bonchev–Trinajstić information content (AvgIpc) is 2.90. The normalized spacial score (nSPS) is 15.5. The first-order valence-electron chi connectivity index (χ1n) is 8.16. The molecule has 1 aromatic heterocycles. The molecular formula is C19H16ClN3O2S2. The van der Waals surface area contributed by atoms with E-state index in [-0.39, 0.29) is 24.8 Å². The first-order valence-corrected chi connectivity index (χ1v) is 9.76. The molecule has 5 nitrogen and oxygen atoms in total. The number of halogens is 1. The van der Waals surface area contributed by atoms with Crippen LogP contribution in [0.25, 0.3) is 6.08 Å². The molecule has 1 aliphatic rings. The third kappa shape index (κ3) is 5.15. The Kier molecular flexibility index (Phi) is 6.26. The Hall–Kier alpha value is -2.22. The second-order valence-electron chi connectivity index (χ2n) is 5.90. The van der Waals surface area contributed by atoms with Crippen LogP contribution in [-0.2, 0) is 9.59 Å². The molecular weight excluding hydrogens is 402 g/mol. The van der Waals surface area contributed by atoms with E-state index < -0.39 is 0 Å². The minimum atomic E-state index is -0.220. The van der Waals surface area contributed by atoms with Gasteiger partial charge in [-0.3, -0.25) is 14.5 Å². The lowest BCUT2D eigenvalue weighted by atomic mass is 10.2. The van der Waals surface area contributed by atoms with Crippen LogP contribution in [-0.4, -0.2) is 32.6 Å². The smallest absolute Gasteiger partial charge is 0.266 e. The number of hydrogen-bond donors (Lipinski definition) is 1. The molecule has 1 fully saturated rings. The monoisotopic (exact) mass is 417 g/mol. The number of rotatable bonds is 5. The minimum absolute atomic E-state index is 0.135. The number of thioether (sulfide) groups is 1. The quantitative estimate of drug-likeness (QED) is 0.581. The molecule has 0 aliphatic carbocycles. The standard InChI is InChI=1S/C19H16ClN3O2S2/c1-12-2-7-16(21-11-12)22-17(24)8-9-23-18(25)15(27-19(23)26)10-13-3-5-14(20)6-4-13/h2-7,10-11H,8-9H2,1H3,(H,21,22,24). The fraction of sp³-hybridized carbons (Fsp3) is 0.158. The molecule has 0 saturated carbocycles. The van der Waals surface area contributed by atoms with Gasteiger partial charge in [-0.1, -0.05) is 53.8 Å². The van der Waals surface area contributed by atoms with E-state index in [4.69, 9.17) is 23.8 Å². The van der Waals surface area contributed by atoms with E-state index in [1.807, 2.05) is 25.1 Å². The summed E-state index contributed by atoms with van der Waals surface area (Å²) in [6, 6.07) is 10.8. The number of amides is 2. The predicted molar refractivity (Wildman–Crippen MR) is 114 cm³/mol. The van der Waals surface area contributed by atoms with Crippen LogP contribution < -0.4 is 5.32 Å². The largest absolute Gasteiger partial charge is 0.311 e. The van der Waals surface area contributed by atoms with Gasteiger partial charge >= 0.3 is 0 Å². The zero-order chi connectivity index (χ0) is 19.4. The number of nitrogens with one attached hydrogen (secondary N) is 1. The van der Waals surface area contributed by atoms with Gasteiger partial charge < -0.3 is 5.32 Å². The number of aryl methyl sites for hydroxylation is 1. The molecule has 0 bridgehead atoms. The summed E-state index contributed by atoms with van der Waals surface area (Å²) < 4.78 is 0.446. The molecule has 2 heterocycles. The van der Waals surface area contributed by atoms with Crippen molar-refractivity contribution < 1.29 is 9.59 Å². The van der Waals surface area contributed by atoms with Gasteiger partial charge in [0.2, 0.25) is 5.91 Å². The number of carbonyl (C=O) groups is 2. The van der Waals surface area contributed by atoms with Gasteiger partial charge in [0.15, 0.2) is 0 Å². The molecule has 0 unspecified atom stereocenters. The van der Waals surface area contributed by atoms with Crippen molar-refractivity contribution in [1.29, 1.82) is 0 Å². The molecule has 8 heteroatoms. The second-order valence-corrected chi connectivity index (χ2v) is 8.02. The molecule has 1 aromatic carbocycles. The maximum Gasteiger partial charge on any atom is 0.266 e. The average molecular weight is 418 g/mol. The van der Waals surface area contributed by atoms with E-state index in [2.05, 4.69) is 10.3 Å². The van der Waals surface area contributed by atoms with Crippen LogP contribution in [0.2, 0.25) is 5.02 Å². The van der Waals surface area contributed by atoms with E-state index >= 15 is 0 Å². The van der Waals surface area contributed by atoms with Gasteiger partial charge in [0, 0.05) is 24.2 Å². The van der Waals surface area contributed by atoms with Crippen molar-refractivity contribution in [1.82, 2.24) is 9.88 Å². The van der Waals surface area contributed by atoms with Crippen molar-refractivity contribution in [2.45, 2.75) is 13.3 Å². The third-order valence-corrected chi connectivity index (χ3v) is 5.41. The maximum atomic E-state index is 12.6. The molecule has 138 valence electrons. The predicted octanol–water partition coefficient (Wildman–Crippen LogP) is 4.27. The molecule has 3 rings (SSSR count). The number of aromatic nitrogens is 1. The van der Waals surface area contributed by atoms with Gasteiger partial charge in [0.1, 0.15) is 10.1 Å². The molecule has 0 spiro atoms. The Morgan fingerprint density at radius 2 is 2.04 bits per heavy atom. The summed E-state index contributed by atoms with van der Waals surface area (Å²) in [5, 5.41) is 3.35. The summed E-state index contributed by atoms with van der Waals surface area (Å²) in [4.78, 5) is 30.8. The highest BCUT2D eigenvalue weighted by Gasteiger charge is 2.32. The van der Waals surface area contributed by atoms with Crippen LogP contribution in [0.15, 0.2) is 47.5 Å². The maximum absolute atomic E-state index is 12.6.